The van der Waals surface area contributed by atoms with Gasteiger partial charge in [0.1, 0.15) is 5.60 Å². The van der Waals surface area contributed by atoms with Crippen LogP contribution in [0.15, 0.2) is 9.95 Å². The number of hydrogen-bond donors (Lipinski definition) is 0. The van der Waals surface area contributed by atoms with Crippen molar-refractivity contribution < 1.29 is 31.2 Å². The normalized spacial score (nSPS) is 17.0. The van der Waals surface area contributed by atoms with E-state index in [1.807, 2.05) is 0 Å². The minimum absolute atomic E-state index is 0.0154. The van der Waals surface area contributed by atoms with Gasteiger partial charge in [-0.1, -0.05) is 5.16 Å². The number of oxime groups is 1. The van der Waals surface area contributed by atoms with Gasteiger partial charge in [-0.2, -0.15) is 18.2 Å². The van der Waals surface area contributed by atoms with Gasteiger partial charge in [-0.15, -0.1) is 0 Å². The summed E-state index contributed by atoms with van der Waals surface area (Å²) < 4.78 is 70.6. The Bertz CT molecular complexity index is 904. The Balaban J connectivity index is 2.56. The molecule has 8 nitrogen and oxygen atoms in total. The maximum Gasteiger partial charge on any atom is 0.434 e. The molecule has 1 aliphatic heterocycles. The summed E-state index contributed by atoms with van der Waals surface area (Å²) in [5.41, 5.74) is -4.63. The van der Waals surface area contributed by atoms with E-state index in [2.05, 4.69) is 10.1 Å². The lowest BCUT2D eigenvalue weighted by Crippen LogP contribution is -2.32. The number of sulfone groups is 1. The number of hydrogen-bond acceptors (Lipinski definition) is 7. The molecule has 0 saturated heterocycles. The predicted octanol–water partition coefficient (Wildman–Crippen LogP) is 1.63. The molecule has 0 saturated carbocycles. The second-order valence-corrected chi connectivity index (χ2v) is 8.28. The third kappa shape index (κ3) is 4.00. The average Bonchev–Trinajstić information content (AvgIpc) is 2.86. The molecule has 1 aliphatic rings. The highest BCUT2D eigenvalue weighted by atomic mass is 32.2. The summed E-state index contributed by atoms with van der Waals surface area (Å²) in [4.78, 5) is 20.6. The van der Waals surface area contributed by atoms with Crippen molar-refractivity contribution >= 4 is 14.9 Å². The van der Waals surface area contributed by atoms with Crippen molar-refractivity contribution in [3.8, 4) is 6.01 Å². The molecule has 0 unspecified atom stereocenters. The van der Waals surface area contributed by atoms with Crippen molar-refractivity contribution in [2.45, 2.75) is 44.7 Å². The zero-order chi connectivity index (χ0) is 19.9. The molecule has 0 spiro atoms. The summed E-state index contributed by atoms with van der Waals surface area (Å²) >= 11 is 0. The lowest BCUT2D eigenvalue weighted by atomic mass is 10.1. The fraction of sp³-hybridized carbons (Fsp3) is 0.643. The molecule has 0 aromatic carbocycles. The van der Waals surface area contributed by atoms with Crippen LogP contribution in [0, 0.1) is 0 Å². The largest absolute Gasteiger partial charge is 0.465 e. The minimum atomic E-state index is -5.03. The van der Waals surface area contributed by atoms with E-state index in [1.165, 1.54) is 6.92 Å². The summed E-state index contributed by atoms with van der Waals surface area (Å²) in [6.07, 6.45) is -5.14. The lowest BCUT2D eigenvalue weighted by molar-refractivity contribution is -0.142. The maximum atomic E-state index is 13.3. The van der Waals surface area contributed by atoms with Crippen LogP contribution in [0.4, 0.5) is 13.2 Å². The fourth-order valence-corrected chi connectivity index (χ4v) is 3.82. The molecule has 2 rings (SSSR count). The molecule has 0 fully saturated rings. The van der Waals surface area contributed by atoms with E-state index in [1.54, 1.807) is 13.8 Å². The van der Waals surface area contributed by atoms with E-state index < -0.39 is 55.2 Å². The Hall–Kier alpha value is -2.11. The van der Waals surface area contributed by atoms with E-state index >= 15 is 0 Å². The highest BCUT2D eigenvalue weighted by Crippen LogP contribution is 2.32. The Morgan fingerprint density at radius 1 is 1.35 bits per heavy atom. The van der Waals surface area contributed by atoms with Gasteiger partial charge in [0.25, 0.3) is 11.6 Å². The van der Waals surface area contributed by atoms with E-state index in [-0.39, 0.29) is 13.0 Å². The van der Waals surface area contributed by atoms with Gasteiger partial charge in [0, 0.05) is 13.5 Å². The third-order valence-corrected chi connectivity index (χ3v) is 5.16. The number of rotatable bonds is 4. The van der Waals surface area contributed by atoms with Crippen LogP contribution >= 0.6 is 0 Å². The zero-order valence-corrected chi connectivity index (χ0v) is 15.4. The number of nitrogens with zero attached hydrogens (tertiary/aromatic N) is 3. The molecule has 0 N–H and O–H groups in total. The van der Waals surface area contributed by atoms with Gasteiger partial charge in [-0.25, -0.2) is 8.42 Å². The van der Waals surface area contributed by atoms with Gasteiger partial charge in [-0.05, 0) is 20.8 Å². The Kier molecular flexibility index (Phi) is 5.10. The molecule has 0 radical (unpaired) electrons. The molecular weight excluding hydrogens is 379 g/mol. The van der Waals surface area contributed by atoms with Crippen LogP contribution in [-0.4, -0.2) is 35.2 Å². The van der Waals surface area contributed by atoms with Crippen LogP contribution in [0.5, 0.6) is 6.01 Å². The van der Waals surface area contributed by atoms with Crippen molar-refractivity contribution in [2.75, 3.05) is 6.61 Å². The molecule has 12 heteroatoms. The van der Waals surface area contributed by atoms with Crippen molar-refractivity contribution in [1.82, 2.24) is 9.55 Å². The van der Waals surface area contributed by atoms with Crippen molar-refractivity contribution in [2.24, 2.45) is 12.2 Å². The smallest absolute Gasteiger partial charge is 0.434 e. The lowest BCUT2D eigenvalue weighted by Gasteiger charge is -2.16. The predicted molar refractivity (Wildman–Crippen MR) is 85.5 cm³/mol. The van der Waals surface area contributed by atoms with Crippen LogP contribution in [0.3, 0.4) is 0 Å². The zero-order valence-electron chi connectivity index (χ0n) is 14.5. The maximum absolute atomic E-state index is 13.3. The van der Waals surface area contributed by atoms with Gasteiger partial charge in [0.05, 0.1) is 17.9 Å². The summed E-state index contributed by atoms with van der Waals surface area (Å²) in [5.74, 6) is -1.19. The van der Waals surface area contributed by atoms with Crippen molar-refractivity contribution in [3.05, 3.63) is 21.6 Å². The van der Waals surface area contributed by atoms with Gasteiger partial charge < -0.3 is 9.57 Å². The van der Waals surface area contributed by atoms with E-state index in [9.17, 15) is 26.4 Å². The van der Waals surface area contributed by atoms with Gasteiger partial charge in [0.2, 0.25) is 0 Å². The molecule has 0 atom stereocenters. The fourth-order valence-electron chi connectivity index (χ4n) is 2.29. The number of aromatic nitrogens is 2. The van der Waals surface area contributed by atoms with Gasteiger partial charge in [-0.3, -0.25) is 9.36 Å². The molecule has 2 heterocycles. The van der Waals surface area contributed by atoms with Crippen molar-refractivity contribution in [1.29, 1.82) is 0 Å². The first-order chi connectivity index (χ1) is 11.8. The molecular formula is C14H18F3N3O5S. The average molecular weight is 397 g/mol. The highest BCUT2D eigenvalue weighted by molar-refractivity contribution is 8.05. The van der Waals surface area contributed by atoms with Crippen LogP contribution in [0.2, 0.25) is 0 Å². The van der Waals surface area contributed by atoms with Crippen molar-refractivity contribution in [3.63, 3.8) is 0 Å². The van der Waals surface area contributed by atoms with E-state index in [4.69, 9.17) is 9.57 Å². The summed E-state index contributed by atoms with van der Waals surface area (Å²) in [6, 6.07) is -0.548. The highest BCUT2D eigenvalue weighted by Gasteiger charge is 2.42. The SMILES string of the molecule is CCOc1nc(C(F)(F)F)c(CS(=O)(=O)C2=NOC(C)(C)C2)c(=O)n1C. The molecule has 1 aromatic rings. The number of alkyl halides is 3. The monoisotopic (exact) mass is 397 g/mol. The Labute approximate surface area is 147 Å². The van der Waals surface area contributed by atoms with Crippen LogP contribution < -0.4 is 10.3 Å². The summed E-state index contributed by atoms with van der Waals surface area (Å²) in [5, 5.41) is 3.03. The van der Waals surface area contributed by atoms with E-state index in [0.29, 0.717) is 0 Å². The molecule has 1 aromatic heterocycles. The third-order valence-electron chi connectivity index (χ3n) is 3.55. The summed E-state index contributed by atoms with van der Waals surface area (Å²) in [7, 11) is -3.15. The van der Waals surface area contributed by atoms with Crippen LogP contribution in [0.1, 0.15) is 38.4 Å². The second-order valence-electron chi connectivity index (χ2n) is 6.29. The Morgan fingerprint density at radius 3 is 2.42 bits per heavy atom. The first kappa shape index (κ1) is 20.2. The molecule has 0 aliphatic carbocycles. The topological polar surface area (TPSA) is 99.9 Å². The first-order valence-electron chi connectivity index (χ1n) is 7.56. The first-order valence-corrected chi connectivity index (χ1v) is 9.21. The van der Waals surface area contributed by atoms with E-state index in [0.717, 1.165) is 11.6 Å². The molecule has 0 amide bonds. The quantitative estimate of drug-likeness (QED) is 0.766. The van der Waals surface area contributed by atoms with Gasteiger partial charge in [0.15, 0.2) is 20.6 Å². The second kappa shape index (κ2) is 6.56. The summed E-state index contributed by atoms with van der Waals surface area (Å²) in [6.45, 7) is 4.66. The molecule has 26 heavy (non-hydrogen) atoms. The number of ether oxygens (including phenoxy) is 1. The van der Waals surface area contributed by atoms with Crippen LogP contribution in [-0.2, 0) is 33.7 Å². The number of halogens is 3. The van der Waals surface area contributed by atoms with Gasteiger partial charge >= 0.3 is 6.18 Å². The Morgan fingerprint density at radius 2 is 1.96 bits per heavy atom. The molecule has 0 bridgehead atoms. The molecule has 146 valence electrons. The standard InChI is InChI=1S/C14H18F3N3O5S/c1-5-24-12-18-10(14(15,16)17)8(11(21)20(12)4)7-26(22,23)9-6-13(2,3)25-19-9/h5-7H2,1-4H3. The minimum Gasteiger partial charge on any atom is -0.465 e. The van der Waals surface area contributed by atoms with Crippen LogP contribution in [0.25, 0.3) is 0 Å².